The van der Waals surface area contributed by atoms with Crippen molar-refractivity contribution in [1.29, 1.82) is 5.41 Å². The van der Waals surface area contributed by atoms with E-state index in [2.05, 4.69) is 16.0 Å². The molecule has 0 spiro atoms. The number of hydrogen-bond acceptors (Lipinski definition) is 6. The third-order valence-corrected chi connectivity index (χ3v) is 3.12. The van der Waals surface area contributed by atoms with E-state index in [1.54, 1.807) is 31.0 Å². The molecule has 0 bridgehead atoms. The van der Waals surface area contributed by atoms with E-state index >= 15 is 0 Å². The predicted molar refractivity (Wildman–Crippen MR) is 97.5 cm³/mol. The van der Waals surface area contributed by atoms with Crippen LogP contribution in [0.1, 0.15) is 33.1 Å². The Morgan fingerprint density at radius 1 is 1.31 bits per heavy atom. The predicted octanol–water partition coefficient (Wildman–Crippen LogP) is -0.557. The molecule has 26 heavy (non-hydrogen) atoms. The van der Waals surface area contributed by atoms with Crippen molar-refractivity contribution in [3.63, 3.8) is 0 Å². The maximum atomic E-state index is 12.3. The van der Waals surface area contributed by atoms with E-state index in [1.807, 2.05) is 13.8 Å². The first kappa shape index (κ1) is 23.6. The first-order valence-corrected chi connectivity index (χ1v) is 8.41. The lowest BCUT2D eigenvalue weighted by Gasteiger charge is -2.20. The van der Waals surface area contributed by atoms with Gasteiger partial charge in [0.2, 0.25) is 11.8 Å². The summed E-state index contributed by atoms with van der Waals surface area (Å²) in [4.78, 5) is 36.1. The molecule has 1 atom stereocenters. The van der Waals surface area contributed by atoms with Gasteiger partial charge in [0.15, 0.2) is 5.03 Å². The summed E-state index contributed by atoms with van der Waals surface area (Å²) < 4.78 is 0. The highest BCUT2D eigenvalue weighted by Crippen LogP contribution is 2.02. The second kappa shape index (κ2) is 12.9. The monoisotopic (exact) mass is 372 g/mol. The number of nitrogens with one attached hydrogen (secondary N) is 5. The molecule has 0 heterocycles. The number of guanidine groups is 1. The Kier molecular flexibility index (Phi) is 11.7. The number of likely N-dealkylation sites (N-methyl/N-ethyl adjacent to an activating group) is 1. The molecule has 11 heteroatoms. The topological polar surface area (TPSA) is 152 Å². The highest BCUT2D eigenvalue weighted by atomic mass is 16.7. The third-order valence-electron chi connectivity index (χ3n) is 3.12. The van der Waals surface area contributed by atoms with Crippen molar-refractivity contribution in [2.24, 2.45) is 5.92 Å². The second-order valence-corrected chi connectivity index (χ2v) is 6.51. The summed E-state index contributed by atoms with van der Waals surface area (Å²) in [6, 6.07) is -0.717. The van der Waals surface area contributed by atoms with Crippen molar-refractivity contribution in [2.45, 2.75) is 39.2 Å². The van der Waals surface area contributed by atoms with Crippen molar-refractivity contribution in [2.75, 3.05) is 27.2 Å². The zero-order chi connectivity index (χ0) is 20.1. The zero-order valence-electron chi connectivity index (χ0n) is 15.8. The van der Waals surface area contributed by atoms with Gasteiger partial charge in [-0.1, -0.05) is 19.3 Å². The van der Waals surface area contributed by atoms with Gasteiger partial charge in [-0.25, -0.2) is 10.1 Å². The molecule has 11 nitrogen and oxygen atoms in total. The van der Waals surface area contributed by atoms with Crippen LogP contribution in [-0.4, -0.2) is 60.9 Å². The second-order valence-electron chi connectivity index (χ2n) is 6.51. The van der Waals surface area contributed by atoms with Gasteiger partial charge in [0.05, 0.1) is 6.54 Å². The minimum atomic E-state index is -0.836. The van der Waals surface area contributed by atoms with Crippen LogP contribution in [0.2, 0.25) is 0 Å². The first-order valence-electron chi connectivity index (χ1n) is 8.41. The molecule has 0 rings (SSSR count). The van der Waals surface area contributed by atoms with Crippen LogP contribution in [0.25, 0.3) is 0 Å². The summed E-state index contributed by atoms with van der Waals surface area (Å²) in [6.45, 7) is 6.14. The highest BCUT2D eigenvalue weighted by molar-refractivity contribution is 5.88. The fraction of sp³-hybridized carbons (Fsp3) is 0.733. The lowest BCUT2D eigenvalue weighted by Crippen LogP contribution is -2.48. The van der Waals surface area contributed by atoms with Crippen molar-refractivity contribution >= 4 is 17.8 Å². The largest absolute Gasteiger partial charge is 0.352 e. The third kappa shape index (κ3) is 12.9. The normalized spacial score (nSPS) is 11.8. The van der Waals surface area contributed by atoms with Crippen molar-refractivity contribution < 1.29 is 14.6 Å². The number of carbonyl (C=O) groups is 2. The Labute approximate surface area is 153 Å². The van der Waals surface area contributed by atoms with Crippen LogP contribution < -0.4 is 21.4 Å². The van der Waals surface area contributed by atoms with E-state index < -0.39 is 17.0 Å². The van der Waals surface area contributed by atoms with Crippen LogP contribution in [0.15, 0.2) is 0 Å². The lowest BCUT2D eigenvalue weighted by molar-refractivity contribution is -0.525. The molecule has 0 unspecified atom stereocenters. The van der Waals surface area contributed by atoms with Crippen molar-refractivity contribution in [3.8, 4) is 0 Å². The van der Waals surface area contributed by atoms with Crippen LogP contribution in [-0.2, 0) is 9.59 Å². The average molecular weight is 372 g/mol. The summed E-state index contributed by atoms with van der Waals surface area (Å²) in [5, 5.41) is 24.6. The maximum absolute atomic E-state index is 12.3. The molecule has 0 aliphatic rings. The van der Waals surface area contributed by atoms with Gasteiger partial charge in [0.25, 0.3) is 5.96 Å². The molecule has 149 valence electrons. The van der Waals surface area contributed by atoms with Crippen molar-refractivity contribution in [3.05, 3.63) is 16.7 Å². The Morgan fingerprint density at radius 2 is 1.96 bits per heavy atom. The van der Waals surface area contributed by atoms with Gasteiger partial charge < -0.3 is 20.9 Å². The maximum Gasteiger partial charge on any atom is 0.251 e. The zero-order valence-corrected chi connectivity index (χ0v) is 15.8. The van der Waals surface area contributed by atoms with E-state index in [0.29, 0.717) is 18.8 Å². The quantitative estimate of drug-likeness (QED) is 0.101. The lowest BCUT2D eigenvalue weighted by atomic mass is 10.1. The van der Waals surface area contributed by atoms with Crippen LogP contribution in [0.4, 0.5) is 0 Å². The summed E-state index contributed by atoms with van der Waals surface area (Å²) in [7, 11) is 3.51. The molecule has 0 fully saturated rings. The van der Waals surface area contributed by atoms with Gasteiger partial charge >= 0.3 is 0 Å². The number of amides is 2. The minimum absolute atomic E-state index is 0.162. The first-order chi connectivity index (χ1) is 12.1. The average Bonchev–Trinajstić information content (AvgIpc) is 2.48. The molecule has 0 aliphatic heterocycles. The van der Waals surface area contributed by atoms with E-state index in [0.717, 1.165) is 6.42 Å². The molecule has 2 amide bonds. The van der Waals surface area contributed by atoms with Crippen LogP contribution in [0.3, 0.4) is 0 Å². The molecular formula is C15H30N7O4. The number of nitrogens with zero attached hydrogens (tertiary/aromatic N) is 2. The fourth-order valence-electron chi connectivity index (χ4n) is 1.94. The number of carbonyl (C=O) groups excluding carboxylic acids is 2. The van der Waals surface area contributed by atoms with Gasteiger partial charge in [0, 0.05) is 13.1 Å². The molecule has 0 aromatic heterocycles. The summed E-state index contributed by atoms with van der Waals surface area (Å²) in [5.74, 6) is -0.606. The standard InChI is InChI=1S/C15H30N7O4/c1-11(2)7-9-17-14(24)12(19-13(23)10-21(3)4)6-5-8-18-15(16)20-22(25)26/h9,11-12H,5-8,10H2,1-4H3,(H,17,24)(H,19,23)(H3,16,18,20)/t12-/m0/s1. The highest BCUT2D eigenvalue weighted by Gasteiger charge is 2.20. The Balaban J connectivity index is 4.47. The molecule has 0 aliphatic carbocycles. The number of hydrazine groups is 1. The van der Waals surface area contributed by atoms with Crippen LogP contribution >= 0.6 is 0 Å². The number of nitro groups is 1. The summed E-state index contributed by atoms with van der Waals surface area (Å²) >= 11 is 0. The Morgan fingerprint density at radius 3 is 2.50 bits per heavy atom. The summed E-state index contributed by atoms with van der Waals surface area (Å²) in [5.41, 5.74) is 1.68. The molecule has 1 radical (unpaired) electrons. The molecule has 0 aromatic rings. The van der Waals surface area contributed by atoms with Gasteiger partial charge in [0.1, 0.15) is 6.04 Å². The van der Waals surface area contributed by atoms with Gasteiger partial charge in [-0.2, -0.15) is 0 Å². The Bertz CT molecular complexity index is 483. The van der Waals surface area contributed by atoms with E-state index in [4.69, 9.17) is 5.41 Å². The minimum Gasteiger partial charge on any atom is -0.352 e. The molecular weight excluding hydrogens is 342 g/mol. The van der Waals surface area contributed by atoms with Gasteiger partial charge in [-0.3, -0.25) is 15.0 Å². The molecule has 0 saturated carbocycles. The van der Waals surface area contributed by atoms with E-state index in [1.165, 1.54) is 0 Å². The fourth-order valence-corrected chi connectivity index (χ4v) is 1.94. The van der Waals surface area contributed by atoms with Crippen molar-refractivity contribution in [1.82, 2.24) is 26.3 Å². The number of hydrogen-bond donors (Lipinski definition) is 5. The van der Waals surface area contributed by atoms with Crippen LogP contribution in [0, 0.1) is 28.0 Å². The molecule has 5 N–H and O–H groups in total. The SMILES string of the molecule is CC(C)C[CH]NC(=O)[C@H](CCCNC(=N)N[N+](=O)[O-])NC(=O)CN(C)C. The molecule has 0 aromatic carbocycles. The van der Waals surface area contributed by atoms with E-state index in [9.17, 15) is 19.7 Å². The van der Waals surface area contributed by atoms with Crippen LogP contribution in [0.5, 0.6) is 0 Å². The molecule has 0 saturated heterocycles. The van der Waals surface area contributed by atoms with Gasteiger partial charge in [-0.05, 0) is 39.3 Å². The van der Waals surface area contributed by atoms with Gasteiger partial charge in [-0.15, -0.1) is 0 Å². The Hall–Kier alpha value is -2.43. The number of rotatable bonds is 12. The van der Waals surface area contributed by atoms with E-state index in [-0.39, 0.29) is 24.9 Å². The summed E-state index contributed by atoms with van der Waals surface area (Å²) in [6.07, 6.45) is 1.49. The smallest absolute Gasteiger partial charge is 0.251 e.